The van der Waals surface area contributed by atoms with Crippen molar-refractivity contribution in [1.82, 2.24) is 4.90 Å². The van der Waals surface area contributed by atoms with Crippen molar-refractivity contribution in [3.05, 3.63) is 0 Å². The van der Waals surface area contributed by atoms with Crippen LogP contribution in [0.5, 0.6) is 0 Å². The molecule has 3 atom stereocenters. The van der Waals surface area contributed by atoms with Crippen LogP contribution in [0.25, 0.3) is 0 Å². The number of rotatable bonds is 5. The average molecular weight is 260 g/mol. The van der Waals surface area contributed by atoms with E-state index in [1.165, 1.54) is 16.7 Å². The van der Waals surface area contributed by atoms with Gasteiger partial charge in [-0.15, -0.1) is 11.8 Å². The summed E-state index contributed by atoms with van der Waals surface area (Å²) >= 11 is 1.54. The van der Waals surface area contributed by atoms with Gasteiger partial charge in [-0.2, -0.15) is 0 Å². The Morgan fingerprint density at radius 3 is 2.65 bits per heavy atom. The van der Waals surface area contributed by atoms with Crippen molar-refractivity contribution in [3.63, 3.8) is 0 Å². The normalized spacial score (nSPS) is 25.9. The van der Waals surface area contributed by atoms with Crippen LogP contribution in [0.3, 0.4) is 0 Å². The number of aliphatic carboxylic acids is 1. The molecule has 0 saturated carbocycles. The zero-order valence-corrected chi connectivity index (χ0v) is 11.1. The Morgan fingerprint density at radius 1 is 1.53 bits per heavy atom. The lowest BCUT2D eigenvalue weighted by Crippen LogP contribution is -2.51. The second-order valence-electron chi connectivity index (χ2n) is 4.19. The largest absolute Gasteiger partial charge is 0.480 e. The Bertz CT molecular complexity index is 298. The SMILES string of the molecule is CCCC1SCC(C(=O)O)N1C(=O)[C@@H](N)CC. The fourth-order valence-corrected chi connectivity index (χ4v) is 3.41. The first kappa shape index (κ1) is 14.3. The fraction of sp³-hybridized carbons (Fsp3) is 0.818. The third-order valence-corrected chi connectivity index (χ3v) is 4.28. The monoisotopic (exact) mass is 260 g/mol. The molecule has 0 aromatic carbocycles. The lowest BCUT2D eigenvalue weighted by atomic mass is 10.1. The van der Waals surface area contributed by atoms with Gasteiger partial charge in [0, 0.05) is 5.75 Å². The molecule has 0 bridgehead atoms. The Labute approximate surface area is 106 Å². The van der Waals surface area contributed by atoms with E-state index in [0.29, 0.717) is 12.2 Å². The molecule has 0 aromatic heterocycles. The van der Waals surface area contributed by atoms with Gasteiger partial charge in [0.1, 0.15) is 6.04 Å². The molecule has 98 valence electrons. The molecule has 1 heterocycles. The van der Waals surface area contributed by atoms with Crippen LogP contribution in [-0.2, 0) is 9.59 Å². The number of amides is 1. The molecule has 3 N–H and O–H groups in total. The Balaban J connectivity index is 2.85. The maximum absolute atomic E-state index is 12.1. The van der Waals surface area contributed by atoms with Crippen molar-refractivity contribution in [2.75, 3.05) is 5.75 Å². The van der Waals surface area contributed by atoms with Gasteiger partial charge in [0.05, 0.1) is 11.4 Å². The quantitative estimate of drug-likeness (QED) is 0.766. The van der Waals surface area contributed by atoms with E-state index in [0.717, 1.165) is 12.8 Å². The highest BCUT2D eigenvalue weighted by Gasteiger charge is 2.42. The van der Waals surface area contributed by atoms with E-state index in [2.05, 4.69) is 0 Å². The first-order chi connectivity index (χ1) is 8.02. The summed E-state index contributed by atoms with van der Waals surface area (Å²) in [6, 6.07) is -1.31. The molecule has 1 amide bonds. The van der Waals surface area contributed by atoms with Crippen molar-refractivity contribution in [1.29, 1.82) is 0 Å². The summed E-state index contributed by atoms with van der Waals surface area (Å²) in [5.41, 5.74) is 5.72. The summed E-state index contributed by atoms with van der Waals surface area (Å²) in [7, 11) is 0. The summed E-state index contributed by atoms with van der Waals surface area (Å²) in [4.78, 5) is 24.7. The van der Waals surface area contributed by atoms with E-state index in [1.807, 2.05) is 13.8 Å². The molecule has 1 aliphatic heterocycles. The molecule has 0 radical (unpaired) electrons. The van der Waals surface area contributed by atoms with Crippen molar-refractivity contribution in [3.8, 4) is 0 Å². The van der Waals surface area contributed by atoms with Crippen LogP contribution in [-0.4, -0.2) is 45.1 Å². The topological polar surface area (TPSA) is 83.6 Å². The van der Waals surface area contributed by atoms with E-state index in [-0.39, 0.29) is 11.3 Å². The van der Waals surface area contributed by atoms with E-state index in [9.17, 15) is 9.59 Å². The Kier molecular flexibility index (Phi) is 5.27. The number of carboxylic acid groups (broad SMARTS) is 1. The molecule has 6 heteroatoms. The molecular formula is C11H20N2O3S. The van der Waals surface area contributed by atoms with Crippen LogP contribution in [0.2, 0.25) is 0 Å². The molecule has 5 nitrogen and oxygen atoms in total. The van der Waals surface area contributed by atoms with Crippen molar-refractivity contribution >= 4 is 23.6 Å². The first-order valence-electron chi connectivity index (χ1n) is 5.95. The Hall–Kier alpha value is -0.750. The third-order valence-electron chi connectivity index (χ3n) is 2.92. The van der Waals surface area contributed by atoms with Crippen LogP contribution in [0.4, 0.5) is 0 Å². The highest BCUT2D eigenvalue weighted by molar-refractivity contribution is 8.00. The number of hydrogen-bond acceptors (Lipinski definition) is 4. The molecule has 0 aromatic rings. The minimum atomic E-state index is -0.937. The van der Waals surface area contributed by atoms with E-state index >= 15 is 0 Å². The second kappa shape index (κ2) is 6.26. The van der Waals surface area contributed by atoms with E-state index in [4.69, 9.17) is 10.8 Å². The lowest BCUT2D eigenvalue weighted by Gasteiger charge is -2.29. The zero-order valence-electron chi connectivity index (χ0n) is 10.3. The van der Waals surface area contributed by atoms with Crippen molar-refractivity contribution < 1.29 is 14.7 Å². The highest BCUT2D eigenvalue weighted by atomic mass is 32.2. The predicted molar refractivity (Wildman–Crippen MR) is 67.7 cm³/mol. The average Bonchev–Trinajstić information content (AvgIpc) is 2.71. The molecule has 0 spiro atoms. The van der Waals surface area contributed by atoms with Gasteiger partial charge >= 0.3 is 5.97 Å². The highest BCUT2D eigenvalue weighted by Crippen LogP contribution is 2.32. The van der Waals surface area contributed by atoms with Gasteiger partial charge in [-0.1, -0.05) is 20.3 Å². The number of carbonyl (C=O) groups is 2. The number of hydrogen-bond donors (Lipinski definition) is 2. The lowest BCUT2D eigenvalue weighted by molar-refractivity contribution is -0.149. The molecule has 1 rings (SSSR count). The summed E-state index contributed by atoms with van der Waals surface area (Å²) < 4.78 is 0. The van der Waals surface area contributed by atoms with Gasteiger partial charge in [-0.25, -0.2) is 4.79 Å². The number of nitrogens with zero attached hydrogens (tertiary/aromatic N) is 1. The minimum absolute atomic E-state index is 0.0359. The molecule has 1 saturated heterocycles. The van der Waals surface area contributed by atoms with Gasteiger partial charge in [-0.3, -0.25) is 4.79 Å². The van der Waals surface area contributed by atoms with Gasteiger partial charge in [0.2, 0.25) is 5.91 Å². The van der Waals surface area contributed by atoms with Crippen LogP contribution in [0.15, 0.2) is 0 Å². The summed E-state index contributed by atoms with van der Waals surface area (Å²) in [5.74, 6) is -0.710. The minimum Gasteiger partial charge on any atom is -0.480 e. The van der Waals surface area contributed by atoms with Gasteiger partial charge in [0.25, 0.3) is 0 Å². The standard InChI is InChI=1S/C11H20N2O3S/c1-3-5-9-13(10(14)7(12)4-2)8(6-17-9)11(15)16/h7-9H,3-6,12H2,1-2H3,(H,15,16)/t7-,8?,9?/m0/s1. The maximum Gasteiger partial charge on any atom is 0.327 e. The van der Waals surface area contributed by atoms with Gasteiger partial charge in [0.15, 0.2) is 0 Å². The summed E-state index contributed by atoms with van der Waals surface area (Å²) in [5, 5.41) is 9.09. The third kappa shape index (κ3) is 3.13. The second-order valence-corrected chi connectivity index (χ2v) is 5.40. The number of thioether (sulfide) groups is 1. The summed E-state index contributed by atoms with van der Waals surface area (Å²) in [6.07, 6.45) is 2.27. The molecule has 1 aliphatic rings. The Morgan fingerprint density at radius 2 is 2.18 bits per heavy atom. The fourth-order valence-electron chi connectivity index (χ4n) is 1.88. The first-order valence-corrected chi connectivity index (χ1v) is 6.99. The molecular weight excluding hydrogens is 240 g/mol. The van der Waals surface area contributed by atoms with E-state index in [1.54, 1.807) is 0 Å². The molecule has 1 fully saturated rings. The van der Waals surface area contributed by atoms with Crippen molar-refractivity contribution in [2.45, 2.75) is 50.6 Å². The van der Waals surface area contributed by atoms with Crippen LogP contribution >= 0.6 is 11.8 Å². The van der Waals surface area contributed by atoms with E-state index < -0.39 is 18.1 Å². The zero-order chi connectivity index (χ0) is 13.0. The molecule has 17 heavy (non-hydrogen) atoms. The summed E-state index contributed by atoms with van der Waals surface area (Å²) in [6.45, 7) is 3.85. The molecule has 0 aliphatic carbocycles. The number of carbonyl (C=O) groups excluding carboxylic acids is 1. The maximum atomic E-state index is 12.1. The van der Waals surface area contributed by atoms with Crippen LogP contribution in [0, 0.1) is 0 Å². The van der Waals surface area contributed by atoms with Gasteiger partial charge in [-0.05, 0) is 12.8 Å². The van der Waals surface area contributed by atoms with Crippen LogP contribution in [0.1, 0.15) is 33.1 Å². The number of nitrogens with two attached hydrogens (primary N) is 1. The van der Waals surface area contributed by atoms with Crippen molar-refractivity contribution in [2.24, 2.45) is 5.73 Å². The number of carboxylic acids is 1. The smallest absolute Gasteiger partial charge is 0.327 e. The molecule has 2 unspecified atom stereocenters. The van der Waals surface area contributed by atoms with Gasteiger partial charge < -0.3 is 15.7 Å². The predicted octanol–water partition coefficient (Wildman–Crippen LogP) is 0.878. The van der Waals surface area contributed by atoms with Crippen LogP contribution < -0.4 is 5.73 Å².